The molecule has 5 heteroatoms. The maximum atomic E-state index is 12.5. The summed E-state index contributed by atoms with van der Waals surface area (Å²) in [5, 5.41) is 9.29. The number of urea groups is 1. The van der Waals surface area contributed by atoms with E-state index in [1.54, 1.807) is 35.0 Å². The largest absolute Gasteiger partial charge is 0.481 e. The highest BCUT2D eigenvalue weighted by Crippen LogP contribution is 2.36. The topological polar surface area (TPSA) is 60.9 Å². The summed E-state index contributed by atoms with van der Waals surface area (Å²) in [5.74, 6) is -1.15. The molecule has 0 aliphatic carbocycles. The van der Waals surface area contributed by atoms with E-state index in [0.29, 0.717) is 23.7 Å². The fourth-order valence-electron chi connectivity index (χ4n) is 2.63. The average Bonchev–Trinajstić information content (AvgIpc) is 2.76. The van der Waals surface area contributed by atoms with Gasteiger partial charge in [-0.15, -0.1) is 0 Å². The summed E-state index contributed by atoms with van der Waals surface area (Å²) in [5.41, 5.74) is 1.42. The third-order valence-electron chi connectivity index (χ3n) is 3.46. The van der Waals surface area contributed by atoms with Crippen molar-refractivity contribution in [1.82, 2.24) is 4.90 Å². The second kappa shape index (κ2) is 5.53. The van der Waals surface area contributed by atoms with Crippen molar-refractivity contribution in [3.8, 4) is 0 Å². The van der Waals surface area contributed by atoms with Gasteiger partial charge in [0, 0.05) is 25.8 Å². The summed E-state index contributed by atoms with van der Waals surface area (Å²) in [6.07, 6.45) is 0. The van der Waals surface area contributed by atoms with Crippen molar-refractivity contribution in [3.05, 3.63) is 29.8 Å². The number of hydrogen-bond acceptors (Lipinski definition) is 2. The Morgan fingerprint density at radius 2 is 2.05 bits per heavy atom. The van der Waals surface area contributed by atoms with Crippen molar-refractivity contribution in [2.45, 2.75) is 19.8 Å². The molecule has 108 valence electrons. The minimum Gasteiger partial charge on any atom is -0.481 e. The van der Waals surface area contributed by atoms with Crippen LogP contribution in [0, 0.1) is 5.92 Å². The lowest BCUT2D eigenvalue weighted by molar-refractivity contribution is -0.138. The molecular weight excluding hydrogens is 256 g/mol. The minimum atomic E-state index is -0.890. The van der Waals surface area contributed by atoms with Crippen LogP contribution in [0.3, 0.4) is 0 Å². The standard InChI is InChI=1S/C15H20N2O3/c1-10(2)8-16(3)15(20)17-9-12(14(18)19)11-6-4-5-7-13(11)17/h4-7,10,12H,8-9H2,1-3H3,(H,18,19). The molecule has 1 aromatic rings. The van der Waals surface area contributed by atoms with Crippen LogP contribution in [-0.4, -0.2) is 42.1 Å². The highest BCUT2D eigenvalue weighted by molar-refractivity contribution is 5.97. The number of carbonyl (C=O) groups is 2. The Morgan fingerprint density at radius 1 is 1.40 bits per heavy atom. The van der Waals surface area contributed by atoms with Crippen LogP contribution in [0.2, 0.25) is 0 Å². The van der Waals surface area contributed by atoms with E-state index in [0.717, 1.165) is 0 Å². The van der Waals surface area contributed by atoms with Crippen LogP contribution in [-0.2, 0) is 4.79 Å². The number of para-hydroxylation sites is 1. The molecule has 1 N–H and O–H groups in total. The van der Waals surface area contributed by atoms with Gasteiger partial charge in [-0.3, -0.25) is 9.69 Å². The van der Waals surface area contributed by atoms with E-state index in [-0.39, 0.29) is 12.6 Å². The van der Waals surface area contributed by atoms with Gasteiger partial charge >= 0.3 is 12.0 Å². The smallest absolute Gasteiger partial charge is 0.324 e. The van der Waals surface area contributed by atoms with E-state index in [4.69, 9.17) is 0 Å². The van der Waals surface area contributed by atoms with Crippen molar-refractivity contribution in [1.29, 1.82) is 0 Å². The first-order chi connectivity index (χ1) is 9.41. The van der Waals surface area contributed by atoms with Crippen LogP contribution < -0.4 is 4.90 Å². The van der Waals surface area contributed by atoms with Crippen LogP contribution in [0.25, 0.3) is 0 Å². The van der Waals surface area contributed by atoms with Crippen molar-refractivity contribution in [2.75, 3.05) is 25.0 Å². The summed E-state index contributed by atoms with van der Waals surface area (Å²) in [7, 11) is 1.75. The molecule has 0 bridgehead atoms. The van der Waals surface area contributed by atoms with E-state index in [1.807, 2.05) is 19.9 Å². The lowest BCUT2D eigenvalue weighted by Crippen LogP contribution is -2.42. The number of carboxylic acid groups (broad SMARTS) is 1. The first-order valence-electron chi connectivity index (χ1n) is 6.76. The Balaban J connectivity index is 2.26. The Hall–Kier alpha value is -2.04. The molecule has 1 unspecified atom stereocenters. The maximum Gasteiger partial charge on any atom is 0.324 e. The number of aliphatic carboxylic acids is 1. The van der Waals surface area contributed by atoms with Crippen molar-refractivity contribution >= 4 is 17.7 Å². The molecular formula is C15H20N2O3. The van der Waals surface area contributed by atoms with Gasteiger partial charge in [0.1, 0.15) is 5.92 Å². The highest BCUT2D eigenvalue weighted by atomic mass is 16.4. The van der Waals surface area contributed by atoms with E-state index in [1.165, 1.54) is 0 Å². The van der Waals surface area contributed by atoms with Crippen LogP contribution in [0.5, 0.6) is 0 Å². The molecule has 5 nitrogen and oxygen atoms in total. The Bertz CT molecular complexity index is 528. The summed E-state index contributed by atoms with van der Waals surface area (Å²) in [4.78, 5) is 27.0. The third kappa shape index (κ3) is 2.61. The molecule has 0 fully saturated rings. The Morgan fingerprint density at radius 3 is 2.65 bits per heavy atom. The SMILES string of the molecule is CC(C)CN(C)C(=O)N1CC(C(=O)O)c2ccccc21. The van der Waals surface area contributed by atoms with Crippen molar-refractivity contribution < 1.29 is 14.7 Å². The van der Waals surface area contributed by atoms with Gasteiger partial charge in [-0.25, -0.2) is 4.79 Å². The summed E-state index contributed by atoms with van der Waals surface area (Å²) in [6.45, 7) is 4.94. The summed E-state index contributed by atoms with van der Waals surface area (Å²) >= 11 is 0. The van der Waals surface area contributed by atoms with Gasteiger partial charge in [0.25, 0.3) is 0 Å². The molecule has 0 radical (unpaired) electrons. The van der Waals surface area contributed by atoms with E-state index in [2.05, 4.69) is 0 Å². The lowest BCUT2D eigenvalue weighted by Gasteiger charge is -2.26. The van der Waals surface area contributed by atoms with Gasteiger partial charge in [-0.2, -0.15) is 0 Å². The normalized spacial score (nSPS) is 17.2. The van der Waals surface area contributed by atoms with Crippen LogP contribution in [0.15, 0.2) is 24.3 Å². The van der Waals surface area contributed by atoms with Crippen LogP contribution in [0.1, 0.15) is 25.3 Å². The molecule has 1 atom stereocenters. The maximum absolute atomic E-state index is 12.5. The first-order valence-corrected chi connectivity index (χ1v) is 6.76. The molecule has 0 spiro atoms. The average molecular weight is 276 g/mol. The van der Waals surface area contributed by atoms with Gasteiger partial charge < -0.3 is 10.0 Å². The van der Waals surface area contributed by atoms with Crippen LogP contribution >= 0.6 is 0 Å². The third-order valence-corrected chi connectivity index (χ3v) is 3.46. The number of nitrogens with zero attached hydrogens (tertiary/aromatic N) is 2. The zero-order valence-corrected chi connectivity index (χ0v) is 12.0. The number of carbonyl (C=O) groups excluding carboxylic acids is 1. The number of anilines is 1. The molecule has 0 aromatic heterocycles. The van der Waals surface area contributed by atoms with Gasteiger partial charge in [0.15, 0.2) is 0 Å². The number of hydrogen-bond donors (Lipinski definition) is 1. The highest BCUT2D eigenvalue weighted by Gasteiger charge is 2.37. The molecule has 2 rings (SSSR count). The molecule has 1 aliphatic heterocycles. The zero-order chi connectivity index (χ0) is 14.9. The van der Waals surface area contributed by atoms with Gasteiger partial charge in [-0.05, 0) is 17.5 Å². The van der Waals surface area contributed by atoms with E-state index >= 15 is 0 Å². The van der Waals surface area contributed by atoms with Gasteiger partial charge in [-0.1, -0.05) is 32.0 Å². The Kier molecular flexibility index (Phi) is 3.97. The second-order valence-electron chi connectivity index (χ2n) is 5.62. The zero-order valence-electron chi connectivity index (χ0n) is 12.0. The summed E-state index contributed by atoms with van der Waals surface area (Å²) in [6, 6.07) is 7.07. The van der Waals surface area contributed by atoms with Gasteiger partial charge in [0.05, 0.1) is 0 Å². The second-order valence-corrected chi connectivity index (χ2v) is 5.62. The monoisotopic (exact) mass is 276 g/mol. The molecule has 0 saturated heterocycles. The number of fused-ring (bicyclic) bond motifs is 1. The molecule has 0 saturated carbocycles. The van der Waals surface area contributed by atoms with E-state index in [9.17, 15) is 14.7 Å². The van der Waals surface area contributed by atoms with Crippen LogP contribution in [0.4, 0.5) is 10.5 Å². The number of benzene rings is 1. The molecule has 2 amide bonds. The number of amides is 2. The lowest BCUT2D eigenvalue weighted by atomic mass is 10.0. The van der Waals surface area contributed by atoms with Gasteiger partial charge in [0.2, 0.25) is 0 Å². The quantitative estimate of drug-likeness (QED) is 0.922. The van der Waals surface area contributed by atoms with E-state index < -0.39 is 11.9 Å². The van der Waals surface area contributed by atoms with Crippen molar-refractivity contribution in [3.63, 3.8) is 0 Å². The molecule has 1 aromatic carbocycles. The molecule has 20 heavy (non-hydrogen) atoms. The fourth-order valence-corrected chi connectivity index (χ4v) is 2.63. The Labute approximate surface area is 118 Å². The minimum absolute atomic E-state index is 0.144. The first kappa shape index (κ1) is 14.4. The summed E-state index contributed by atoms with van der Waals surface area (Å²) < 4.78 is 0. The van der Waals surface area contributed by atoms with Crippen molar-refractivity contribution in [2.24, 2.45) is 5.92 Å². The number of rotatable bonds is 3. The molecule has 1 aliphatic rings. The number of carboxylic acids is 1. The molecule has 1 heterocycles. The predicted octanol–water partition coefficient (Wildman–Crippen LogP) is 2.38. The fraction of sp³-hybridized carbons (Fsp3) is 0.467. The predicted molar refractivity (Wildman–Crippen MR) is 77.0 cm³/mol.